The molecule has 0 heterocycles. The van der Waals surface area contributed by atoms with Crippen LogP contribution in [-0.4, -0.2) is 37.2 Å². The highest BCUT2D eigenvalue weighted by molar-refractivity contribution is 5.71. The molecule has 424 valence electrons. The predicted octanol–water partition coefficient (Wildman–Crippen LogP) is 21.0. The summed E-state index contributed by atoms with van der Waals surface area (Å²) >= 11 is 0. The van der Waals surface area contributed by atoms with Gasteiger partial charge < -0.3 is 14.2 Å². The first-order valence-corrected chi connectivity index (χ1v) is 30.7. The van der Waals surface area contributed by atoms with Gasteiger partial charge in [-0.05, 0) is 122 Å². The van der Waals surface area contributed by atoms with Crippen molar-refractivity contribution in [2.75, 3.05) is 13.2 Å². The average Bonchev–Trinajstić information content (AvgIpc) is 3.41. The number of carbonyl (C=O) groups is 3. The van der Waals surface area contributed by atoms with Crippen LogP contribution in [0.5, 0.6) is 0 Å². The van der Waals surface area contributed by atoms with Crippen molar-refractivity contribution < 1.29 is 28.6 Å². The molecule has 0 fully saturated rings. The Bertz CT molecular complexity index is 1620. The number of unbranched alkanes of at least 4 members (excludes halogenated alkanes) is 21. The summed E-state index contributed by atoms with van der Waals surface area (Å²) in [6, 6.07) is 0. The molecule has 0 aliphatic carbocycles. The number of rotatable bonds is 54. The third-order valence-corrected chi connectivity index (χ3v) is 12.6. The van der Waals surface area contributed by atoms with Crippen molar-refractivity contribution in [2.45, 2.75) is 271 Å². The Labute approximate surface area is 462 Å². The quantitative estimate of drug-likeness (QED) is 0.0261. The van der Waals surface area contributed by atoms with Crippen LogP contribution >= 0.6 is 0 Å². The number of carbonyl (C=O) groups excluding carboxylic acids is 3. The van der Waals surface area contributed by atoms with Crippen molar-refractivity contribution in [1.29, 1.82) is 0 Å². The summed E-state index contributed by atoms with van der Waals surface area (Å²) in [5, 5.41) is 0. The number of allylic oxidation sites excluding steroid dienone is 22. The summed E-state index contributed by atoms with van der Waals surface area (Å²) in [6.07, 6.45) is 87.5. The molecular weight excluding hydrogens is 925 g/mol. The number of hydrogen-bond donors (Lipinski definition) is 0. The van der Waals surface area contributed by atoms with Gasteiger partial charge in [0, 0.05) is 19.3 Å². The first-order chi connectivity index (χ1) is 37.0. The van der Waals surface area contributed by atoms with Crippen molar-refractivity contribution in [1.82, 2.24) is 0 Å². The Morgan fingerprint density at radius 3 is 0.880 bits per heavy atom. The Kier molecular flexibility index (Phi) is 58.4. The first-order valence-electron chi connectivity index (χ1n) is 30.7. The highest BCUT2D eigenvalue weighted by atomic mass is 16.6. The molecule has 0 aromatic carbocycles. The van der Waals surface area contributed by atoms with Crippen LogP contribution in [0.2, 0.25) is 0 Å². The maximum Gasteiger partial charge on any atom is 0.306 e. The zero-order valence-electron chi connectivity index (χ0n) is 48.5. The lowest BCUT2D eigenvalue weighted by molar-refractivity contribution is -0.166. The molecule has 0 amide bonds. The molecular formula is C69H112O6. The molecule has 6 heteroatoms. The van der Waals surface area contributed by atoms with Gasteiger partial charge in [0.2, 0.25) is 0 Å². The molecule has 0 aromatic rings. The summed E-state index contributed by atoms with van der Waals surface area (Å²) in [4.78, 5) is 38.2. The third kappa shape index (κ3) is 60.3. The largest absolute Gasteiger partial charge is 0.462 e. The highest BCUT2D eigenvalue weighted by Gasteiger charge is 2.19. The van der Waals surface area contributed by atoms with Gasteiger partial charge in [-0.1, -0.05) is 257 Å². The molecule has 0 aromatic heterocycles. The van der Waals surface area contributed by atoms with Crippen LogP contribution in [0.1, 0.15) is 265 Å². The lowest BCUT2D eigenvalue weighted by atomic mass is 10.1. The normalized spacial score (nSPS) is 13.1. The monoisotopic (exact) mass is 1040 g/mol. The minimum atomic E-state index is -0.836. The van der Waals surface area contributed by atoms with Gasteiger partial charge in [-0.3, -0.25) is 14.4 Å². The molecule has 0 rings (SSSR count). The van der Waals surface area contributed by atoms with E-state index in [0.717, 1.165) is 116 Å². The second-order valence-corrected chi connectivity index (χ2v) is 19.8. The lowest BCUT2D eigenvalue weighted by Crippen LogP contribution is -2.30. The van der Waals surface area contributed by atoms with E-state index in [4.69, 9.17) is 14.2 Å². The summed E-state index contributed by atoms with van der Waals surface area (Å²) in [5.74, 6) is -1.03. The summed E-state index contributed by atoms with van der Waals surface area (Å²) < 4.78 is 16.8. The smallest absolute Gasteiger partial charge is 0.306 e. The van der Waals surface area contributed by atoms with E-state index in [9.17, 15) is 14.4 Å². The molecule has 6 nitrogen and oxygen atoms in total. The zero-order valence-corrected chi connectivity index (χ0v) is 48.5. The fraction of sp³-hybridized carbons (Fsp3) is 0.638. The molecule has 0 aliphatic heterocycles. The minimum absolute atomic E-state index is 0.121. The van der Waals surface area contributed by atoms with Gasteiger partial charge in [-0.2, -0.15) is 0 Å². The molecule has 0 bridgehead atoms. The van der Waals surface area contributed by atoms with E-state index >= 15 is 0 Å². The Morgan fingerprint density at radius 2 is 0.547 bits per heavy atom. The van der Waals surface area contributed by atoms with E-state index in [2.05, 4.69) is 142 Å². The van der Waals surface area contributed by atoms with Gasteiger partial charge in [0.15, 0.2) is 6.10 Å². The van der Waals surface area contributed by atoms with Crippen molar-refractivity contribution in [2.24, 2.45) is 0 Å². The number of esters is 3. The van der Waals surface area contributed by atoms with Crippen molar-refractivity contribution in [3.05, 3.63) is 134 Å². The van der Waals surface area contributed by atoms with Gasteiger partial charge in [0.1, 0.15) is 13.2 Å². The molecule has 1 unspecified atom stereocenters. The van der Waals surface area contributed by atoms with E-state index in [1.807, 2.05) is 12.2 Å². The molecule has 0 radical (unpaired) electrons. The first kappa shape index (κ1) is 70.5. The molecule has 0 saturated heterocycles. The van der Waals surface area contributed by atoms with Crippen LogP contribution in [0.3, 0.4) is 0 Å². The van der Waals surface area contributed by atoms with Crippen LogP contribution in [0.15, 0.2) is 134 Å². The van der Waals surface area contributed by atoms with Crippen LogP contribution in [0.4, 0.5) is 0 Å². The molecule has 0 N–H and O–H groups in total. The summed E-state index contributed by atoms with van der Waals surface area (Å²) in [6.45, 7) is 6.33. The van der Waals surface area contributed by atoms with Gasteiger partial charge in [0.05, 0.1) is 0 Å². The van der Waals surface area contributed by atoms with E-state index in [-0.39, 0.29) is 31.6 Å². The summed E-state index contributed by atoms with van der Waals surface area (Å²) in [5.41, 5.74) is 0. The maximum absolute atomic E-state index is 12.9. The molecule has 1 atom stereocenters. The number of ether oxygens (including phenoxy) is 3. The molecule has 0 aliphatic rings. The van der Waals surface area contributed by atoms with Crippen molar-refractivity contribution >= 4 is 17.9 Å². The van der Waals surface area contributed by atoms with Crippen LogP contribution in [0, 0.1) is 0 Å². The topological polar surface area (TPSA) is 78.9 Å². The minimum Gasteiger partial charge on any atom is -0.462 e. The van der Waals surface area contributed by atoms with Crippen molar-refractivity contribution in [3.63, 3.8) is 0 Å². The summed E-state index contributed by atoms with van der Waals surface area (Å²) in [7, 11) is 0. The highest BCUT2D eigenvalue weighted by Crippen LogP contribution is 2.14. The molecule has 0 saturated carbocycles. The van der Waals surface area contributed by atoms with Crippen LogP contribution in [0.25, 0.3) is 0 Å². The van der Waals surface area contributed by atoms with Crippen LogP contribution < -0.4 is 0 Å². The zero-order chi connectivity index (χ0) is 54.3. The van der Waals surface area contributed by atoms with Gasteiger partial charge in [0.25, 0.3) is 0 Å². The van der Waals surface area contributed by atoms with Gasteiger partial charge in [-0.15, -0.1) is 0 Å². The standard InChI is InChI=1S/C69H112O6/c1-4-7-10-13-16-19-22-25-28-31-33-34-36-38-41-44-47-50-53-56-59-62-68(71)74-65-66(64-73-67(70)61-58-55-52-49-46-43-40-37-30-27-24-21-18-15-12-9-6-3)75-69(72)63-60-57-54-51-48-45-42-39-35-32-29-26-23-20-17-14-11-8-5-2/h8-9,11-12,17-18,20-21,26-27,29-31,33,35,39-40,43,45,48,54,57,66H,4-7,10,13-16,19,22-25,28,32,34,36-38,41-42,44,46-47,49-53,55-56,58-65H2,1-3H3/b11-8-,12-9-,20-17-,21-18-,29-26-,30-27-,33-31-,39-35-,43-40-,48-45-,57-54-. The lowest BCUT2D eigenvalue weighted by Gasteiger charge is -2.18. The van der Waals surface area contributed by atoms with E-state index < -0.39 is 12.1 Å². The SMILES string of the molecule is CC/C=C\C/C=C\C/C=C\C/C=C\C/C=C\C/C=C\CCC(=O)OC(COC(=O)CCCCCC/C=C\C/C=C\C/C=C\C/C=C\CC)COC(=O)CCCCCCCCCCC/C=C\CCCCCCCCCC. The Morgan fingerprint density at radius 1 is 0.280 bits per heavy atom. The maximum atomic E-state index is 12.9. The van der Waals surface area contributed by atoms with E-state index in [1.54, 1.807) is 0 Å². The van der Waals surface area contributed by atoms with Gasteiger partial charge in [-0.25, -0.2) is 0 Å². The van der Waals surface area contributed by atoms with E-state index in [0.29, 0.717) is 19.3 Å². The third-order valence-electron chi connectivity index (χ3n) is 12.6. The second kappa shape index (κ2) is 62.1. The molecule has 0 spiro atoms. The average molecular weight is 1040 g/mol. The van der Waals surface area contributed by atoms with Gasteiger partial charge >= 0.3 is 17.9 Å². The Balaban J connectivity index is 4.53. The Hall–Kier alpha value is -4.45. The number of hydrogen-bond acceptors (Lipinski definition) is 6. The predicted molar refractivity (Wildman–Crippen MR) is 325 cm³/mol. The fourth-order valence-electron chi connectivity index (χ4n) is 8.10. The van der Waals surface area contributed by atoms with Crippen molar-refractivity contribution in [3.8, 4) is 0 Å². The van der Waals surface area contributed by atoms with Crippen LogP contribution in [-0.2, 0) is 28.6 Å². The fourth-order valence-corrected chi connectivity index (χ4v) is 8.10. The molecule has 75 heavy (non-hydrogen) atoms. The van der Waals surface area contributed by atoms with E-state index in [1.165, 1.54) is 103 Å². The second-order valence-electron chi connectivity index (χ2n) is 19.8.